The lowest BCUT2D eigenvalue weighted by Gasteiger charge is -2.12. The van der Waals surface area contributed by atoms with Crippen LogP contribution in [0, 0.1) is 0 Å². The Balaban J connectivity index is 0.00000392. The van der Waals surface area contributed by atoms with Crippen molar-refractivity contribution in [2.75, 3.05) is 14.1 Å². The summed E-state index contributed by atoms with van der Waals surface area (Å²) in [6.45, 7) is 5.18. The normalized spacial score (nSPS) is 11.8. The van der Waals surface area contributed by atoms with Gasteiger partial charge in [-0.3, -0.25) is 4.99 Å². The molecule has 10 heteroatoms. The number of hydrogen-bond acceptors (Lipinski definition) is 5. The van der Waals surface area contributed by atoms with Gasteiger partial charge in [-0.1, -0.05) is 31.1 Å². The molecule has 0 spiro atoms. The predicted molar refractivity (Wildman–Crippen MR) is 120 cm³/mol. The summed E-state index contributed by atoms with van der Waals surface area (Å²) in [7, 11) is -0.325. The molecule has 0 aliphatic carbocycles. The van der Waals surface area contributed by atoms with Gasteiger partial charge in [-0.2, -0.15) is 0 Å². The highest BCUT2D eigenvalue weighted by molar-refractivity contribution is 14.0. The van der Waals surface area contributed by atoms with Gasteiger partial charge in [0.2, 0.25) is 10.0 Å². The van der Waals surface area contributed by atoms with E-state index in [1.165, 1.54) is 7.05 Å². The zero-order chi connectivity index (χ0) is 19.9. The number of halogens is 1. The smallest absolute Gasteiger partial charge is 0.240 e. The maximum absolute atomic E-state index is 11.8. The molecular weight excluding hydrogens is 493 g/mol. The standard InChI is InChI=1S/C18H27N5O3S.HI/c1-5-16-15(17(6-2)26-23-16)12-22-18(19-3)21-11-13-7-9-14(10-8-13)27(24,25)20-4;/h7-10,20H,5-6,11-12H2,1-4H3,(H2,19,21,22);1H. The van der Waals surface area contributed by atoms with E-state index >= 15 is 0 Å². The van der Waals surface area contributed by atoms with E-state index in [2.05, 4.69) is 25.5 Å². The van der Waals surface area contributed by atoms with Crippen molar-refractivity contribution in [3.05, 3.63) is 46.8 Å². The topological polar surface area (TPSA) is 109 Å². The third kappa shape index (κ3) is 6.17. The maximum atomic E-state index is 11.8. The minimum absolute atomic E-state index is 0. The molecule has 0 saturated heterocycles. The van der Waals surface area contributed by atoms with Crippen molar-refractivity contribution in [3.8, 4) is 0 Å². The van der Waals surface area contributed by atoms with Gasteiger partial charge >= 0.3 is 0 Å². The Morgan fingerprint density at radius 1 is 1.11 bits per heavy atom. The van der Waals surface area contributed by atoms with Crippen LogP contribution in [0.5, 0.6) is 0 Å². The fraction of sp³-hybridized carbons (Fsp3) is 0.444. The van der Waals surface area contributed by atoms with E-state index in [0.717, 1.165) is 35.4 Å². The van der Waals surface area contributed by atoms with Crippen LogP contribution in [0.25, 0.3) is 0 Å². The second-order valence-corrected chi connectivity index (χ2v) is 7.76. The van der Waals surface area contributed by atoms with E-state index in [4.69, 9.17) is 4.52 Å². The first-order chi connectivity index (χ1) is 12.9. The summed E-state index contributed by atoms with van der Waals surface area (Å²) in [5, 5.41) is 10.6. The number of nitrogens with zero attached hydrogens (tertiary/aromatic N) is 2. The van der Waals surface area contributed by atoms with Gasteiger partial charge in [-0.15, -0.1) is 24.0 Å². The maximum Gasteiger partial charge on any atom is 0.240 e. The van der Waals surface area contributed by atoms with Gasteiger partial charge < -0.3 is 15.2 Å². The van der Waals surface area contributed by atoms with Crippen molar-refractivity contribution >= 4 is 40.0 Å². The minimum atomic E-state index is -3.42. The molecule has 3 N–H and O–H groups in total. The highest BCUT2D eigenvalue weighted by Gasteiger charge is 2.14. The molecule has 28 heavy (non-hydrogen) atoms. The third-order valence-corrected chi connectivity index (χ3v) is 5.66. The monoisotopic (exact) mass is 521 g/mol. The van der Waals surface area contributed by atoms with E-state index in [1.807, 2.05) is 13.8 Å². The molecule has 2 rings (SSSR count). The molecule has 1 aromatic carbocycles. The summed E-state index contributed by atoms with van der Waals surface area (Å²) in [4.78, 5) is 4.46. The first kappa shape index (κ1) is 24.4. The van der Waals surface area contributed by atoms with Crippen molar-refractivity contribution in [2.24, 2.45) is 4.99 Å². The summed E-state index contributed by atoms with van der Waals surface area (Å²) >= 11 is 0. The van der Waals surface area contributed by atoms with E-state index in [9.17, 15) is 8.42 Å². The van der Waals surface area contributed by atoms with Gasteiger partial charge in [0, 0.05) is 32.1 Å². The Labute approximate surface area is 183 Å². The molecule has 2 aromatic rings. The van der Waals surface area contributed by atoms with Crippen LogP contribution in [0.15, 0.2) is 38.7 Å². The van der Waals surface area contributed by atoms with Crippen LogP contribution >= 0.6 is 24.0 Å². The number of aryl methyl sites for hydroxylation is 2. The fourth-order valence-electron chi connectivity index (χ4n) is 2.62. The molecule has 0 unspecified atom stereocenters. The molecule has 0 radical (unpaired) electrons. The van der Waals surface area contributed by atoms with Crippen LogP contribution in [0.1, 0.15) is 36.4 Å². The zero-order valence-electron chi connectivity index (χ0n) is 16.6. The molecule has 0 atom stereocenters. The highest BCUT2D eigenvalue weighted by Crippen LogP contribution is 2.15. The van der Waals surface area contributed by atoms with Crippen molar-refractivity contribution < 1.29 is 12.9 Å². The summed E-state index contributed by atoms with van der Waals surface area (Å²) in [6.07, 6.45) is 1.60. The van der Waals surface area contributed by atoms with Gasteiger partial charge in [0.25, 0.3) is 0 Å². The molecule has 0 bridgehead atoms. The number of sulfonamides is 1. The highest BCUT2D eigenvalue weighted by atomic mass is 127. The average Bonchev–Trinajstić information content (AvgIpc) is 3.10. The van der Waals surface area contributed by atoms with Gasteiger partial charge in [-0.05, 0) is 31.2 Å². The Morgan fingerprint density at radius 3 is 2.29 bits per heavy atom. The van der Waals surface area contributed by atoms with Gasteiger partial charge in [0.15, 0.2) is 5.96 Å². The number of rotatable bonds is 8. The Bertz CT molecular complexity index is 858. The lowest BCUT2D eigenvalue weighted by atomic mass is 10.1. The first-order valence-corrected chi connectivity index (χ1v) is 10.4. The van der Waals surface area contributed by atoms with E-state index in [1.54, 1.807) is 31.3 Å². The number of aliphatic imine (C=N–C) groups is 1. The van der Waals surface area contributed by atoms with Crippen molar-refractivity contribution in [2.45, 2.75) is 44.7 Å². The summed E-state index contributed by atoms with van der Waals surface area (Å²) < 4.78 is 31.2. The van der Waals surface area contributed by atoms with Crippen molar-refractivity contribution in [1.29, 1.82) is 0 Å². The van der Waals surface area contributed by atoms with Crippen LogP contribution in [0.3, 0.4) is 0 Å². The Kier molecular flexibility index (Phi) is 9.90. The number of hydrogen-bond donors (Lipinski definition) is 3. The van der Waals surface area contributed by atoms with Crippen LogP contribution in [-0.2, 0) is 36.0 Å². The molecule has 0 fully saturated rings. The number of aromatic nitrogens is 1. The van der Waals surface area contributed by atoms with Crippen molar-refractivity contribution in [1.82, 2.24) is 20.5 Å². The Hall–Kier alpha value is -1.66. The second-order valence-electron chi connectivity index (χ2n) is 5.87. The van der Waals surface area contributed by atoms with Crippen LogP contribution in [0.2, 0.25) is 0 Å². The van der Waals surface area contributed by atoms with Crippen LogP contribution < -0.4 is 15.4 Å². The molecular formula is C18H28IN5O3S. The van der Waals surface area contributed by atoms with Crippen LogP contribution in [-0.4, -0.2) is 33.6 Å². The lowest BCUT2D eigenvalue weighted by Crippen LogP contribution is -2.36. The van der Waals surface area contributed by atoms with E-state index in [-0.39, 0.29) is 28.9 Å². The second kappa shape index (κ2) is 11.4. The van der Waals surface area contributed by atoms with Gasteiger partial charge in [-0.25, -0.2) is 13.1 Å². The largest absolute Gasteiger partial charge is 0.361 e. The Morgan fingerprint density at radius 2 is 1.75 bits per heavy atom. The molecule has 156 valence electrons. The lowest BCUT2D eigenvalue weighted by molar-refractivity contribution is 0.380. The molecule has 0 amide bonds. The quantitative estimate of drug-likeness (QED) is 0.279. The third-order valence-electron chi connectivity index (χ3n) is 4.23. The molecule has 0 saturated carbocycles. The number of guanidine groups is 1. The fourth-order valence-corrected chi connectivity index (χ4v) is 3.35. The molecule has 1 heterocycles. The zero-order valence-corrected chi connectivity index (χ0v) is 19.7. The first-order valence-electron chi connectivity index (χ1n) is 8.88. The molecule has 1 aromatic heterocycles. The number of nitrogens with one attached hydrogen (secondary N) is 3. The molecule has 8 nitrogen and oxygen atoms in total. The minimum Gasteiger partial charge on any atom is -0.361 e. The van der Waals surface area contributed by atoms with Gasteiger partial charge in [0.1, 0.15) is 5.76 Å². The van der Waals surface area contributed by atoms with Gasteiger partial charge in [0.05, 0.1) is 10.6 Å². The molecule has 0 aliphatic heterocycles. The van der Waals surface area contributed by atoms with Crippen LogP contribution in [0.4, 0.5) is 0 Å². The summed E-state index contributed by atoms with van der Waals surface area (Å²) in [5.41, 5.74) is 2.97. The van der Waals surface area contributed by atoms with E-state index < -0.39 is 10.0 Å². The number of benzene rings is 1. The SMILES string of the molecule is CCc1noc(CC)c1CNC(=NC)NCc1ccc(S(=O)(=O)NC)cc1.I. The van der Waals surface area contributed by atoms with Crippen molar-refractivity contribution in [3.63, 3.8) is 0 Å². The molecule has 0 aliphatic rings. The van der Waals surface area contributed by atoms with E-state index in [0.29, 0.717) is 19.0 Å². The average molecular weight is 521 g/mol. The predicted octanol–water partition coefficient (Wildman–Crippen LogP) is 2.19. The summed E-state index contributed by atoms with van der Waals surface area (Å²) in [5.74, 6) is 1.53. The summed E-state index contributed by atoms with van der Waals surface area (Å²) in [6, 6.07) is 6.71.